The summed E-state index contributed by atoms with van der Waals surface area (Å²) in [5, 5.41) is 24.0. The summed E-state index contributed by atoms with van der Waals surface area (Å²) >= 11 is 0. The molecule has 1 aliphatic rings. The topological polar surface area (TPSA) is 106 Å². The van der Waals surface area contributed by atoms with Gasteiger partial charge in [0.2, 0.25) is 12.2 Å². The van der Waals surface area contributed by atoms with Gasteiger partial charge in [-0.1, -0.05) is 30.3 Å². The molecule has 33 heavy (non-hydrogen) atoms. The number of nitrogens with one attached hydrogen (secondary N) is 1. The molecule has 8 nitrogen and oxygen atoms in total. The fourth-order valence-electron chi connectivity index (χ4n) is 4.21. The maximum atomic E-state index is 11.3. The molecule has 0 bridgehead atoms. The van der Waals surface area contributed by atoms with Gasteiger partial charge in [0.05, 0.1) is 12.7 Å². The molecule has 4 atom stereocenters. The molecule has 0 radical (unpaired) electrons. The van der Waals surface area contributed by atoms with Crippen molar-refractivity contribution >= 4 is 5.91 Å². The number of benzene rings is 2. The van der Waals surface area contributed by atoms with Crippen molar-refractivity contribution in [1.82, 2.24) is 5.32 Å². The highest BCUT2D eigenvalue weighted by atomic mass is 16.7. The molecule has 1 fully saturated rings. The third kappa shape index (κ3) is 5.65. The van der Waals surface area contributed by atoms with Gasteiger partial charge in [0.25, 0.3) is 0 Å². The molecule has 3 rings (SSSR count). The van der Waals surface area contributed by atoms with Crippen molar-refractivity contribution in [1.29, 1.82) is 0 Å². The first kappa shape index (κ1) is 25.0. The van der Waals surface area contributed by atoms with Gasteiger partial charge in [-0.25, -0.2) is 0 Å². The zero-order valence-electron chi connectivity index (χ0n) is 19.7. The van der Waals surface area contributed by atoms with Crippen LogP contribution in [-0.4, -0.2) is 67.1 Å². The van der Waals surface area contributed by atoms with Crippen LogP contribution < -0.4 is 14.8 Å². The van der Waals surface area contributed by atoms with Gasteiger partial charge in [-0.05, 0) is 37.5 Å². The monoisotopic (exact) mass is 459 g/mol. The smallest absolute Gasteiger partial charge is 0.229 e. The molecule has 1 unspecified atom stereocenters. The van der Waals surface area contributed by atoms with Crippen molar-refractivity contribution < 1.29 is 34.0 Å². The number of rotatable bonds is 8. The summed E-state index contributed by atoms with van der Waals surface area (Å²) in [7, 11) is 3.03. The van der Waals surface area contributed by atoms with Gasteiger partial charge in [0.15, 0.2) is 0 Å². The number of carbonyl (C=O) groups excluding carboxylic acids is 1. The second-order valence-electron chi connectivity index (χ2n) is 8.60. The van der Waals surface area contributed by atoms with Crippen LogP contribution in [0, 0.1) is 0 Å². The lowest BCUT2D eigenvalue weighted by molar-refractivity contribution is -0.305. The van der Waals surface area contributed by atoms with E-state index < -0.39 is 30.2 Å². The van der Waals surface area contributed by atoms with Crippen molar-refractivity contribution in [2.45, 2.75) is 57.4 Å². The van der Waals surface area contributed by atoms with Crippen molar-refractivity contribution in [2.75, 3.05) is 20.8 Å². The molecule has 8 heteroatoms. The largest absolute Gasteiger partial charge is 0.496 e. The summed E-state index contributed by atoms with van der Waals surface area (Å²) < 4.78 is 23.0. The number of amides is 1. The number of methoxy groups -OCH3 is 2. The van der Waals surface area contributed by atoms with Gasteiger partial charge in [-0.2, -0.15) is 0 Å². The lowest BCUT2D eigenvalue weighted by Crippen LogP contribution is -2.63. The highest BCUT2D eigenvalue weighted by molar-refractivity contribution is 5.74. The molecule has 3 N–H and O–H groups in total. The maximum Gasteiger partial charge on any atom is 0.229 e. The lowest BCUT2D eigenvalue weighted by atomic mass is 9.89. The third-order valence-corrected chi connectivity index (χ3v) is 5.79. The van der Waals surface area contributed by atoms with Crippen molar-refractivity contribution in [3.05, 3.63) is 48.0 Å². The van der Waals surface area contributed by atoms with Gasteiger partial charge >= 0.3 is 0 Å². The van der Waals surface area contributed by atoms with Gasteiger partial charge in [0.1, 0.15) is 29.8 Å². The molecule has 180 valence electrons. The second-order valence-corrected chi connectivity index (χ2v) is 8.60. The number of aliphatic hydroxyl groups excluding tert-OH is 2. The van der Waals surface area contributed by atoms with Crippen LogP contribution in [0.4, 0.5) is 0 Å². The highest BCUT2D eigenvalue weighted by Gasteiger charge is 2.50. The number of ether oxygens (including phenoxy) is 4. The Labute approximate surface area is 194 Å². The number of hydrogen-bond donors (Lipinski definition) is 3. The second kappa shape index (κ2) is 10.5. The Morgan fingerprint density at radius 2 is 1.82 bits per heavy atom. The van der Waals surface area contributed by atoms with Gasteiger partial charge in [-0.15, -0.1) is 0 Å². The Kier molecular flexibility index (Phi) is 7.97. The van der Waals surface area contributed by atoms with Crippen LogP contribution in [0.3, 0.4) is 0 Å². The maximum absolute atomic E-state index is 11.3. The molecule has 0 saturated carbocycles. The Morgan fingerprint density at radius 1 is 1.12 bits per heavy atom. The summed E-state index contributed by atoms with van der Waals surface area (Å²) in [6.07, 6.45) is -3.76. The average molecular weight is 460 g/mol. The lowest BCUT2D eigenvalue weighted by Gasteiger charge is -2.46. The van der Waals surface area contributed by atoms with Crippen molar-refractivity contribution in [3.63, 3.8) is 0 Å². The summed E-state index contributed by atoms with van der Waals surface area (Å²) in [6.45, 7) is 5.47. The zero-order valence-corrected chi connectivity index (χ0v) is 19.7. The van der Waals surface area contributed by atoms with E-state index in [1.165, 1.54) is 14.0 Å². The first-order valence-corrected chi connectivity index (χ1v) is 10.9. The molecular weight excluding hydrogens is 426 g/mol. The van der Waals surface area contributed by atoms with Crippen LogP contribution in [-0.2, 0) is 20.7 Å². The third-order valence-electron chi connectivity index (χ3n) is 5.79. The molecule has 1 aliphatic heterocycles. The minimum Gasteiger partial charge on any atom is -0.496 e. The van der Waals surface area contributed by atoms with Crippen LogP contribution in [0.2, 0.25) is 0 Å². The molecule has 2 aromatic carbocycles. The molecule has 1 amide bonds. The average Bonchev–Trinajstić information content (AvgIpc) is 2.78. The van der Waals surface area contributed by atoms with Crippen LogP contribution in [0.5, 0.6) is 11.5 Å². The fourth-order valence-corrected chi connectivity index (χ4v) is 4.21. The van der Waals surface area contributed by atoms with Crippen molar-refractivity contribution in [3.8, 4) is 22.6 Å². The number of aliphatic hydroxyl groups is 2. The van der Waals surface area contributed by atoms with E-state index in [1.54, 1.807) is 27.0 Å². The normalized spacial score (nSPS) is 24.2. The Bertz CT molecular complexity index is 947. The molecule has 2 aromatic rings. The number of carbonyl (C=O) groups is 1. The SMILES string of the molecule is COc1cc(OC2OC(C)(C)[C@H](OC)[C@@H](O)[C@H]2O)cc(-c2ccccc2)c1CCNC(C)=O. The number of hydrogen-bond acceptors (Lipinski definition) is 7. The summed E-state index contributed by atoms with van der Waals surface area (Å²) in [4.78, 5) is 11.3. The Hall–Kier alpha value is -2.65. The van der Waals surface area contributed by atoms with E-state index in [0.717, 1.165) is 16.7 Å². The zero-order chi connectivity index (χ0) is 24.2. The summed E-state index contributed by atoms with van der Waals surface area (Å²) in [6, 6.07) is 13.3. The van der Waals surface area contributed by atoms with Gasteiger partial charge in [0, 0.05) is 32.2 Å². The van der Waals surface area contributed by atoms with E-state index >= 15 is 0 Å². The van der Waals surface area contributed by atoms with Gasteiger partial charge < -0.3 is 34.5 Å². The fraction of sp³-hybridized carbons (Fsp3) is 0.480. The van der Waals surface area contributed by atoms with E-state index in [9.17, 15) is 15.0 Å². The molecule has 1 saturated heterocycles. The molecule has 0 aliphatic carbocycles. The predicted octanol–water partition coefficient (Wildman–Crippen LogP) is 2.29. The standard InChI is InChI=1S/C25H33NO7/c1-15(27)26-12-11-18-19(16-9-7-6-8-10-16)13-17(14-20(18)30-4)32-24-22(29)21(28)23(31-5)25(2,3)33-24/h6-10,13-14,21-24,28-29H,11-12H2,1-5H3,(H,26,27)/t21-,22+,23+,24?/m0/s1. The highest BCUT2D eigenvalue weighted by Crippen LogP contribution is 2.38. The van der Waals surface area contributed by atoms with Crippen LogP contribution in [0.15, 0.2) is 42.5 Å². The molecular formula is C25H33NO7. The summed E-state index contributed by atoms with van der Waals surface area (Å²) in [5.41, 5.74) is 1.84. The quantitative estimate of drug-likeness (QED) is 0.556. The Balaban J connectivity index is 1.97. The van der Waals surface area contributed by atoms with E-state index in [4.69, 9.17) is 18.9 Å². The van der Waals surface area contributed by atoms with E-state index in [1.807, 2.05) is 36.4 Å². The van der Waals surface area contributed by atoms with Crippen molar-refractivity contribution in [2.24, 2.45) is 0 Å². The van der Waals surface area contributed by atoms with E-state index in [2.05, 4.69) is 5.32 Å². The van der Waals surface area contributed by atoms with Crippen LogP contribution >= 0.6 is 0 Å². The minimum atomic E-state index is -1.31. The molecule has 0 spiro atoms. The minimum absolute atomic E-state index is 0.103. The Morgan fingerprint density at radius 3 is 2.42 bits per heavy atom. The van der Waals surface area contributed by atoms with E-state index in [0.29, 0.717) is 24.5 Å². The first-order chi connectivity index (χ1) is 15.7. The first-order valence-electron chi connectivity index (χ1n) is 10.9. The molecule has 0 aromatic heterocycles. The van der Waals surface area contributed by atoms with Crippen LogP contribution in [0.25, 0.3) is 11.1 Å². The van der Waals surface area contributed by atoms with Crippen LogP contribution in [0.1, 0.15) is 26.3 Å². The van der Waals surface area contributed by atoms with E-state index in [-0.39, 0.29) is 5.91 Å². The summed E-state index contributed by atoms with van der Waals surface area (Å²) in [5.74, 6) is 0.891. The molecule has 1 heterocycles. The predicted molar refractivity (Wildman–Crippen MR) is 123 cm³/mol. The van der Waals surface area contributed by atoms with Gasteiger partial charge in [-0.3, -0.25) is 4.79 Å².